The summed E-state index contributed by atoms with van der Waals surface area (Å²) in [7, 11) is -3.68. The average Bonchev–Trinajstić information content (AvgIpc) is 2.62. The molecule has 140 valence electrons. The Morgan fingerprint density at radius 2 is 2.00 bits per heavy atom. The van der Waals surface area contributed by atoms with E-state index in [2.05, 4.69) is 10.3 Å². The molecule has 0 spiro atoms. The van der Waals surface area contributed by atoms with Gasteiger partial charge in [0.1, 0.15) is 5.25 Å². The van der Waals surface area contributed by atoms with E-state index in [1.54, 1.807) is 37.5 Å². The molecule has 0 aliphatic heterocycles. The van der Waals surface area contributed by atoms with E-state index < -0.39 is 15.1 Å². The standard InChI is InChI=1S/C20H26N2O3S/c1-4-5-8-20(23)22-14-19(17-7-6-11-21-13-17)26(24,25)18-12-15(2)9-10-16(18)3/h6-7,9-13,19H,4-5,8,14H2,1-3H3,(H,22,23)/t19-/m1/s1. The maximum Gasteiger partial charge on any atom is 0.220 e. The van der Waals surface area contributed by atoms with E-state index in [1.165, 1.54) is 0 Å². The molecule has 0 aliphatic carbocycles. The van der Waals surface area contributed by atoms with Crippen molar-refractivity contribution in [3.8, 4) is 0 Å². The summed E-state index contributed by atoms with van der Waals surface area (Å²) in [5.41, 5.74) is 2.15. The zero-order valence-corrected chi connectivity index (χ0v) is 16.3. The van der Waals surface area contributed by atoms with Crippen molar-refractivity contribution in [1.29, 1.82) is 0 Å². The Hall–Kier alpha value is -2.21. The Labute approximate surface area is 155 Å². The van der Waals surface area contributed by atoms with Gasteiger partial charge in [-0.05, 0) is 49.1 Å². The number of amides is 1. The van der Waals surface area contributed by atoms with Gasteiger partial charge in [0, 0.05) is 25.4 Å². The minimum Gasteiger partial charge on any atom is -0.354 e. The van der Waals surface area contributed by atoms with Crippen LogP contribution in [0.3, 0.4) is 0 Å². The Kier molecular flexibility index (Phi) is 6.91. The zero-order valence-electron chi connectivity index (χ0n) is 15.5. The second-order valence-corrected chi connectivity index (χ2v) is 8.60. The van der Waals surface area contributed by atoms with Crippen LogP contribution in [-0.2, 0) is 14.6 Å². The fourth-order valence-electron chi connectivity index (χ4n) is 2.77. The van der Waals surface area contributed by atoms with Gasteiger partial charge in [-0.1, -0.05) is 31.5 Å². The second-order valence-electron chi connectivity index (χ2n) is 6.50. The number of pyridine rings is 1. The molecule has 0 saturated carbocycles. The molecule has 0 fully saturated rings. The van der Waals surface area contributed by atoms with Gasteiger partial charge in [-0.15, -0.1) is 0 Å². The number of hydrogen-bond donors (Lipinski definition) is 1. The molecule has 1 aromatic carbocycles. The lowest BCUT2D eigenvalue weighted by Gasteiger charge is -2.20. The lowest BCUT2D eigenvalue weighted by molar-refractivity contribution is -0.121. The minimum absolute atomic E-state index is 0.0317. The molecule has 0 saturated heterocycles. The second kappa shape index (κ2) is 8.94. The van der Waals surface area contributed by atoms with Gasteiger partial charge < -0.3 is 5.32 Å². The van der Waals surface area contributed by atoms with Crippen LogP contribution in [0.25, 0.3) is 0 Å². The highest BCUT2D eigenvalue weighted by molar-refractivity contribution is 7.91. The van der Waals surface area contributed by atoms with Crippen molar-refractivity contribution in [2.24, 2.45) is 0 Å². The van der Waals surface area contributed by atoms with Crippen molar-refractivity contribution < 1.29 is 13.2 Å². The lowest BCUT2D eigenvalue weighted by atomic mass is 10.2. The van der Waals surface area contributed by atoms with Gasteiger partial charge in [0.05, 0.1) is 4.90 Å². The van der Waals surface area contributed by atoms with Crippen LogP contribution in [-0.4, -0.2) is 25.9 Å². The smallest absolute Gasteiger partial charge is 0.220 e. The van der Waals surface area contributed by atoms with Crippen molar-refractivity contribution in [3.05, 3.63) is 59.4 Å². The van der Waals surface area contributed by atoms with Gasteiger partial charge in [0.15, 0.2) is 9.84 Å². The largest absolute Gasteiger partial charge is 0.354 e. The third-order valence-electron chi connectivity index (χ3n) is 4.32. The molecule has 0 radical (unpaired) electrons. The van der Waals surface area contributed by atoms with Gasteiger partial charge in [-0.2, -0.15) is 0 Å². The van der Waals surface area contributed by atoms with Crippen LogP contribution in [0.15, 0.2) is 47.6 Å². The summed E-state index contributed by atoms with van der Waals surface area (Å²) in [4.78, 5) is 16.4. The quantitative estimate of drug-likeness (QED) is 0.767. The molecule has 0 bridgehead atoms. The first-order valence-corrected chi connectivity index (χ1v) is 10.4. The summed E-state index contributed by atoms with van der Waals surface area (Å²) in [6, 6.07) is 8.83. The van der Waals surface area contributed by atoms with Gasteiger partial charge in [0.25, 0.3) is 0 Å². The molecule has 2 aromatic rings. The van der Waals surface area contributed by atoms with Gasteiger partial charge in [-0.3, -0.25) is 9.78 Å². The van der Waals surface area contributed by atoms with Crippen molar-refractivity contribution in [2.75, 3.05) is 6.54 Å². The molecule has 5 nitrogen and oxygen atoms in total. The molecule has 0 aliphatic rings. The van der Waals surface area contributed by atoms with E-state index in [0.717, 1.165) is 18.4 Å². The predicted molar refractivity (Wildman–Crippen MR) is 103 cm³/mol. The highest BCUT2D eigenvalue weighted by atomic mass is 32.2. The number of benzene rings is 1. The Balaban J connectivity index is 2.37. The van der Waals surface area contributed by atoms with Crippen LogP contribution >= 0.6 is 0 Å². The Morgan fingerprint density at radius 1 is 1.23 bits per heavy atom. The number of nitrogens with one attached hydrogen (secondary N) is 1. The maximum atomic E-state index is 13.4. The van der Waals surface area contributed by atoms with Crippen LogP contribution in [0.1, 0.15) is 48.1 Å². The van der Waals surface area contributed by atoms with E-state index in [4.69, 9.17) is 0 Å². The van der Waals surface area contributed by atoms with Gasteiger partial charge in [-0.25, -0.2) is 8.42 Å². The summed E-state index contributed by atoms with van der Waals surface area (Å²) in [6.45, 7) is 5.69. The SMILES string of the molecule is CCCCC(=O)NC[C@H](c1cccnc1)S(=O)(=O)c1cc(C)ccc1C. The fraction of sp³-hybridized carbons (Fsp3) is 0.400. The topological polar surface area (TPSA) is 76.1 Å². The molecule has 2 rings (SSSR count). The first-order chi connectivity index (χ1) is 12.4. The molecule has 1 atom stereocenters. The third-order valence-corrected chi connectivity index (χ3v) is 6.56. The van der Waals surface area contributed by atoms with Crippen LogP contribution in [0, 0.1) is 13.8 Å². The number of rotatable bonds is 8. The lowest BCUT2D eigenvalue weighted by Crippen LogP contribution is -2.32. The van der Waals surface area contributed by atoms with Crippen molar-refractivity contribution in [2.45, 2.75) is 50.2 Å². The number of carbonyl (C=O) groups is 1. The molecule has 1 heterocycles. The summed E-state index contributed by atoms with van der Waals surface area (Å²) >= 11 is 0. The van der Waals surface area contributed by atoms with Crippen molar-refractivity contribution in [1.82, 2.24) is 10.3 Å². The van der Waals surface area contributed by atoms with E-state index >= 15 is 0 Å². The summed E-state index contributed by atoms with van der Waals surface area (Å²) in [6.07, 6.45) is 5.25. The molecule has 26 heavy (non-hydrogen) atoms. The van der Waals surface area contributed by atoms with E-state index in [9.17, 15) is 13.2 Å². The third kappa shape index (κ3) is 4.91. The average molecular weight is 375 g/mol. The molecule has 0 unspecified atom stereocenters. The molecule has 1 N–H and O–H groups in total. The number of aryl methyl sites for hydroxylation is 2. The number of unbranched alkanes of at least 4 members (excludes halogenated alkanes) is 1. The number of aromatic nitrogens is 1. The van der Waals surface area contributed by atoms with Gasteiger partial charge in [0.2, 0.25) is 5.91 Å². The van der Waals surface area contributed by atoms with Crippen LogP contribution in [0.2, 0.25) is 0 Å². The molecule has 1 aromatic heterocycles. The number of hydrogen-bond acceptors (Lipinski definition) is 4. The van der Waals surface area contributed by atoms with Crippen LogP contribution in [0.5, 0.6) is 0 Å². The normalized spacial score (nSPS) is 12.6. The summed E-state index contributed by atoms with van der Waals surface area (Å²) < 4.78 is 26.7. The zero-order chi connectivity index (χ0) is 19.2. The summed E-state index contributed by atoms with van der Waals surface area (Å²) in [5.74, 6) is -0.128. The number of nitrogens with zero attached hydrogens (tertiary/aromatic N) is 1. The van der Waals surface area contributed by atoms with Gasteiger partial charge >= 0.3 is 0 Å². The molecular formula is C20H26N2O3S. The first-order valence-electron chi connectivity index (χ1n) is 8.84. The molecule has 1 amide bonds. The van der Waals surface area contributed by atoms with E-state index in [-0.39, 0.29) is 12.5 Å². The first kappa shape index (κ1) is 20.1. The van der Waals surface area contributed by atoms with E-state index in [0.29, 0.717) is 22.4 Å². The minimum atomic E-state index is -3.68. The highest BCUT2D eigenvalue weighted by Crippen LogP contribution is 2.30. The Morgan fingerprint density at radius 3 is 2.65 bits per heavy atom. The van der Waals surface area contributed by atoms with Crippen molar-refractivity contribution >= 4 is 15.7 Å². The highest BCUT2D eigenvalue weighted by Gasteiger charge is 2.31. The van der Waals surface area contributed by atoms with Crippen LogP contribution < -0.4 is 5.32 Å². The number of carbonyl (C=O) groups excluding carboxylic acids is 1. The fourth-order valence-corrected chi connectivity index (χ4v) is 4.75. The monoisotopic (exact) mass is 374 g/mol. The van der Waals surface area contributed by atoms with Crippen molar-refractivity contribution in [3.63, 3.8) is 0 Å². The molecular weight excluding hydrogens is 348 g/mol. The Bertz CT molecular complexity index is 849. The summed E-state index contributed by atoms with van der Waals surface area (Å²) in [5, 5.41) is 1.91. The maximum absolute atomic E-state index is 13.4. The number of sulfone groups is 1. The predicted octanol–water partition coefficient (Wildman–Crippen LogP) is 3.52. The molecule has 6 heteroatoms. The van der Waals surface area contributed by atoms with Crippen LogP contribution in [0.4, 0.5) is 0 Å². The van der Waals surface area contributed by atoms with E-state index in [1.807, 2.05) is 26.0 Å².